The van der Waals surface area contributed by atoms with Crippen molar-refractivity contribution >= 4 is 39.3 Å². The number of hydrogen-bond donors (Lipinski definition) is 1. The molecule has 0 radical (unpaired) electrons. The lowest BCUT2D eigenvalue weighted by Gasteiger charge is -2.35. The Morgan fingerprint density at radius 3 is 2.32 bits per heavy atom. The maximum Gasteiger partial charge on any atom is 0.253 e. The van der Waals surface area contributed by atoms with Crippen molar-refractivity contribution in [2.45, 2.75) is 6.92 Å². The molecule has 1 aliphatic rings. The second-order valence-corrected chi connectivity index (χ2v) is 8.25. The monoisotopic (exact) mass is 481 g/mol. The Morgan fingerprint density at radius 2 is 1.68 bits per heavy atom. The number of carbonyl (C=O) groups excluding carboxylic acids is 1. The second kappa shape index (κ2) is 9.34. The van der Waals surface area contributed by atoms with E-state index in [4.69, 9.17) is 9.72 Å². The minimum Gasteiger partial charge on any atom is -0.497 e. The molecule has 1 aliphatic heterocycles. The Kier molecular flexibility index (Phi) is 6.36. The second-order valence-electron chi connectivity index (χ2n) is 7.33. The smallest absolute Gasteiger partial charge is 0.253 e. The van der Waals surface area contributed by atoms with Crippen molar-refractivity contribution in [3.05, 3.63) is 70.3 Å². The maximum absolute atomic E-state index is 12.8. The highest BCUT2D eigenvalue weighted by Gasteiger charge is 2.24. The number of nitrogens with zero attached hydrogens (tertiary/aromatic N) is 4. The zero-order valence-corrected chi connectivity index (χ0v) is 19.1. The number of hydrogen-bond acceptors (Lipinski definition) is 6. The average Bonchev–Trinajstić information content (AvgIpc) is 2.79. The van der Waals surface area contributed by atoms with E-state index < -0.39 is 0 Å². The summed E-state index contributed by atoms with van der Waals surface area (Å²) in [5, 5.41) is 3.33. The van der Waals surface area contributed by atoms with Crippen molar-refractivity contribution in [1.82, 2.24) is 14.9 Å². The molecule has 31 heavy (non-hydrogen) atoms. The molecule has 3 aromatic rings. The Balaban J connectivity index is 1.42. The Labute approximate surface area is 190 Å². The highest BCUT2D eigenvalue weighted by molar-refractivity contribution is 9.10. The molecule has 1 N–H and O–H groups in total. The molecular weight excluding hydrogens is 458 g/mol. The SMILES string of the molecule is COc1ccc(Nc2cc(C)nc(N3CCN(C(=O)c4ccc(Br)cc4)CC3)n2)cc1. The van der Waals surface area contributed by atoms with E-state index in [0.717, 1.165) is 27.4 Å². The number of amides is 1. The highest BCUT2D eigenvalue weighted by Crippen LogP contribution is 2.22. The number of piperazine rings is 1. The largest absolute Gasteiger partial charge is 0.497 e. The van der Waals surface area contributed by atoms with Crippen LogP contribution in [-0.2, 0) is 0 Å². The van der Waals surface area contributed by atoms with Crippen molar-refractivity contribution in [1.29, 1.82) is 0 Å². The van der Waals surface area contributed by atoms with Gasteiger partial charge < -0.3 is 19.9 Å². The first-order valence-corrected chi connectivity index (χ1v) is 10.9. The van der Waals surface area contributed by atoms with E-state index in [0.29, 0.717) is 37.7 Å². The standard InChI is InChI=1S/C23H24BrN5O2/c1-16-15-21(26-19-7-9-20(31-2)10-8-19)27-23(25-16)29-13-11-28(12-14-29)22(30)17-3-5-18(24)6-4-17/h3-10,15H,11-14H2,1-2H3,(H,25,26,27). The number of nitrogens with one attached hydrogen (secondary N) is 1. The lowest BCUT2D eigenvalue weighted by atomic mass is 10.2. The number of methoxy groups -OCH3 is 1. The van der Waals surface area contributed by atoms with Crippen LogP contribution in [0.3, 0.4) is 0 Å². The number of carbonyl (C=O) groups is 1. The van der Waals surface area contributed by atoms with Gasteiger partial charge in [-0.25, -0.2) is 4.98 Å². The number of aromatic nitrogens is 2. The summed E-state index contributed by atoms with van der Waals surface area (Å²) in [5.74, 6) is 2.27. The van der Waals surface area contributed by atoms with Gasteiger partial charge in [0.1, 0.15) is 11.6 Å². The molecule has 2 heterocycles. The van der Waals surface area contributed by atoms with E-state index in [1.54, 1.807) is 7.11 Å². The predicted molar refractivity (Wildman–Crippen MR) is 125 cm³/mol. The first kappa shape index (κ1) is 21.1. The van der Waals surface area contributed by atoms with Crippen LogP contribution in [0.5, 0.6) is 5.75 Å². The van der Waals surface area contributed by atoms with Gasteiger partial charge in [0.25, 0.3) is 5.91 Å². The summed E-state index contributed by atoms with van der Waals surface area (Å²) in [6, 6.07) is 17.1. The number of ether oxygens (including phenoxy) is 1. The molecule has 0 unspecified atom stereocenters. The third kappa shape index (κ3) is 5.14. The van der Waals surface area contributed by atoms with Gasteiger partial charge in [0.2, 0.25) is 5.95 Å². The Morgan fingerprint density at radius 1 is 1.00 bits per heavy atom. The molecule has 0 saturated carbocycles. The van der Waals surface area contributed by atoms with Gasteiger partial charge in [0.05, 0.1) is 7.11 Å². The van der Waals surface area contributed by atoms with Gasteiger partial charge in [-0.3, -0.25) is 4.79 Å². The van der Waals surface area contributed by atoms with Crippen molar-refractivity contribution in [2.75, 3.05) is 43.5 Å². The van der Waals surface area contributed by atoms with Crippen molar-refractivity contribution < 1.29 is 9.53 Å². The van der Waals surface area contributed by atoms with Crippen LogP contribution in [0.4, 0.5) is 17.5 Å². The molecule has 1 fully saturated rings. The zero-order chi connectivity index (χ0) is 21.8. The average molecular weight is 482 g/mol. The van der Waals surface area contributed by atoms with Crippen molar-refractivity contribution in [2.24, 2.45) is 0 Å². The normalized spacial score (nSPS) is 13.8. The van der Waals surface area contributed by atoms with Gasteiger partial charge in [-0.15, -0.1) is 0 Å². The van der Waals surface area contributed by atoms with E-state index in [1.807, 2.05) is 66.4 Å². The van der Waals surface area contributed by atoms with Crippen LogP contribution in [-0.4, -0.2) is 54.1 Å². The lowest BCUT2D eigenvalue weighted by Crippen LogP contribution is -2.49. The molecule has 0 aliphatic carbocycles. The molecule has 0 atom stereocenters. The molecule has 160 valence electrons. The van der Waals surface area contributed by atoms with Gasteiger partial charge in [0, 0.05) is 53.7 Å². The van der Waals surface area contributed by atoms with Crippen LogP contribution in [0.1, 0.15) is 16.1 Å². The number of benzene rings is 2. The van der Waals surface area contributed by atoms with Gasteiger partial charge >= 0.3 is 0 Å². The summed E-state index contributed by atoms with van der Waals surface area (Å²) in [4.78, 5) is 26.1. The van der Waals surface area contributed by atoms with Gasteiger partial charge in [-0.2, -0.15) is 4.98 Å². The van der Waals surface area contributed by atoms with Crippen molar-refractivity contribution in [3.63, 3.8) is 0 Å². The summed E-state index contributed by atoms with van der Waals surface area (Å²) in [5.41, 5.74) is 2.51. The van der Waals surface area contributed by atoms with Crippen LogP contribution in [0, 0.1) is 6.92 Å². The number of aryl methyl sites for hydroxylation is 1. The van der Waals surface area contributed by atoms with Crippen LogP contribution < -0.4 is 15.0 Å². The molecule has 4 rings (SSSR count). The fourth-order valence-corrected chi connectivity index (χ4v) is 3.73. The minimum atomic E-state index is 0.0548. The molecule has 1 amide bonds. The number of halogens is 1. The van der Waals surface area contributed by atoms with E-state index in [9.17, 15) is 4.79 Å². The molecular formula is C23H24BrN5O2. The van der Waals surface area contributed by atoms with Crippen LogP contribution in [0.15, 0.2) is 59.1 Å². The van der Waals surface area contributed by atoms with Gasteiger partial charge in [0.15, 0.2) is 0 Å². The molecule has 0 spiro atoms. The summed E-state index contributed by atoms with van der Waals surface area (Å²) >= 11 is 3.41. The number of rotatable bonds is 5. The molecule has 0 bridgehead atoms. The molecule has 8 heteroatoms. The maximum atomic E-state index is 12.8. The van der Waals surface area contributed by atoms with E-state index in [1.165, 1.54) is 0 Å². The summed E-state index contributed by atoms with van der Waals surface area (Å²) in [7, 11) is 1.65. The predicted octanol–water partition coefficient (Wildman–Crippen LogP) is 4.26. The fraction of sp³-hybridized carbons (Fsp3) is 0.261. The van der Waals surface area contributed by atoms with Gasteiger partial charge in [-0.1, -0.05) is 15.9 Å². The molecule has 2 aromatic carbocycles. The van der Waals surface area contributed by atoms with Crippen molar-refractivity contribution in [3.8, 4) is 5.75 Å². The molecule has 1 aromatic heterocycles. The minimum absolute atomic E-state index is 0.0548. The van der Waals surface area contributed by atoms with E-state index >= 15 is 0 Å². The highest BCUT2D eigenvalue weighted by atomic mass is 79.9. The molecule has 7 nitrogen and oxygen atoms in total. The zero-order valence-electron chi connectivity index (χ0n) is 17.5. The summed E-state index contributed by atoms with van der Waals surface area (Å²) < 4.78 is 6.17. The Bertz CT molecular complexity index is 1050. The third-order valence-corrected chi connectivity index (χ3v) is 5.67. The first-order chi connectivity index (χ1) is 15.0. The quantitative estimate of drug-likeness (QED) is 0.586. The lowest BCUT2D eigenvalue weighted by molar-refractivity contribution is 0.0746. The third-order valence-electron chi connectivity index (χ3n) is 5.15. The number of anilines is 3. The van der Waals surface area contributed by atoms with Crippen LogP contribution in [0.2, 0.25) is 0 Å². The van der Waals surface area contributed by atoms with Gasteiger partial charge in [-0.05, 0) is 55.5 Å². The summed E-state index contributed by atoms with van der Waals surface area (Å²) in [6.45, 7) is 4.60. The first-order valence-electron chi connectivity index (χ1n) is 10.1. The topological polar surface area (TPSA) is 70.6 Å². The Hall–Kier alpha value is -3.13. The fourth-order valence-electron chi connectivity index (χ4n) is 3.47. The van der Waals surface area contributed by atoms with Crippen LogP contribution >= 0.6 is 15.9 Å². The van der Waals surface area contributed by atoms with Crippen LogP contribution in [0.25, 0.3) is 0 Å². The summed E-state index contributed by atoms with van der Waals surface area (Å²) in [6.07, 6.45) is 0. The van der Waals surface area contributed by atoms with E-state index in [-0.39, 0.29) is 5.91 Å². The molecule has 1 saturated heterocycles. The van der Waals surface area contributed by atoms with E-state index in [2.05, 4.69) is 31.1 Å².